The Kier molecular flexibility index (Phi) is 7.61. The molecule has 5 rings (SSSR count). The molecule has 1 saturated heterocycles. The van der Waals surface area contributed by atoms with E-state index in [1.807, 2.05) is 17.0 Å². The lowest BCUT2D eigenvalue weighted by Crippen LogP contribution is -2.35. The number of fused-ring (bicyclic) bond motifs is 1. The van der Waals surface area contributed by atoms with Gasteiger partial charge in [-0.3, -0.25) is 9.59 Å². The summed E-state index contributed by atoms with van der Waals surface area (Å²) in [5, 5.41) is 23.5. The SMILES string of the molecule is COc1ccc([C@@H]2CN(c3ccc(C#N)nn3)C[C@H]2C(=O)NCCC[C@@H]2NC(=O)c3cc(Cl)ccc32)c(F)c1. The fraction of sp³-hybridized carbons (Fsp3) is 0.321. The van der Waals surface area contributed by atoms with Crippen LogP contribution < -0.4 is 20.3 Å². The number of halogens is 2. The number of rotatable bonds is 8. The molecular formula is C28H26ClFN6O3. The molecule has 2 aliphatic rings. The number of aromatic nitrogens is 2. The molecule has 3 heterocycles. The second kappa shape index (κ2) is 11.3. The molecule has 1 fully saturated rings. The van der Waals surface area contributed by atoms with Gasteiger partial charge in [0, 0.05) is 42.2 Å². The smallest absolute Gasteiger partial charge is 0.252 e. The molecule has 0 unspecified atom stereocenters. The van der Waals surface area contributed by atoms with Crippen LogP contribution in [0.15, 0.2) is 48.5 Å². The molecule has 9 nitrogen and oxygen atoms in total. The second-order valence-corrected chi connectivity index (χ2v) is 10.0. The number of amides is 2. The van der Waals surface area contributed by atoms with Gasteiger partial charge in [-0.1, -0.05) is 23.7 Å². The highest BCUT2D eigenvalue weighted by atomic mass is 35.5. The van der Waals surface area contributed by atoms with Gasteiger partial charge in [0.25, 0.3) is 5.91 Å². The molecule has 0 aliphatic carbocycles. The quantitative estimate of drug-likeness (QED) is 0.411. The zero-order valence-electron chi connectivity index (χ0n) is 21.2. The number of nitrogens with one attached hydrogen (secondary N) is 2. The lowest BCUT2D eigenvalue weighted by molar-refractivity contribution is -0.124. The summed E-state index contributed by atoms with van der Waals surface area (Å²) in [6, 6.07) is 15.0. The molecule has 2 amide bonds. The first kappa shape index (κ1) is 26.4. The Morgan fingerprint density at radius 1 is 1.21 bits per heavy atom. The zero-order chi connectivity index (χ0) is 27.5. The lowest BCUT2D eigenvalue weighted by Gasteiger charge is -2.19. The number of ether oxygens (including phenoxy) is 1. The highest BCUT2D eigenvalue weighted by Gasteiger charge is 2.40. The lowest BCUT2D eigenvalue weighted by atomic mass is 9.88. The van der Waals surface area contributed by atoms with E-state index < -0.39 is 17.7 Å². The van der Waals surface area contributed by atoms with E-state index in [-0.39, 0.29) is 23.6 Å². The molecule has 3 atom stereocenters. The van der Waals surface area contributed by atoms with Crippen molar-refractivity contribution in [3.05, 3.63) is 81.8 Å². The van der Waals surface area contributed by atoms with E-state index in [2.05, 4.69) is 20.8 Å². The van der Waals surface area contributed by atoms with Crippen molar-refractivity contribution in [1.29, 1.82) is 5.26 Å². The molecule has 0 bridgehead atoms. The minimum absolute atomic E-state index is 0.139. The van der Waals surface area contributed by atoms with Crippen molar-refractivity contribution >= 4 is 29.2 Å². The Morgan fingerprint density at radius 3 is 2.74 bits per heavy atom. The molecule has 0 spiro atoms. The van der Waals surface area contributed by atoms with Gasteiger partial charge in [0.2, 0.25) is 5.91 Å². The van der Waals surface area contributed by atoms with Crippen LogP contribution in [0.4, 0.5) is 10.2 Å². The summed E-state index contributed by atoms with van der Waals surface area (Å²) in [6.45, 7) is 1.07. The van der Waals surface area contributed by atoms with Crippen LogP contribution >= 0.6 is 11.6 Å². The van der Waals surface area contributed by atoms with E-state index >= 15 is 4.39 Å². The van der Waals surface area contributed by atoms with Crippen molar-refractivity contribution in [3.63, 3.8) is 0 Å². The molecule has 1 aromatic heterocycles. The molecule has 39 heavy (non-hydrogen) atoms. The number of hydrogen-bond donors (Lipinski definition) is 2. The predicted octanol–water partition coefficient (Wildman–Crippen LogP) is 3.75. The summed E-state index contributed by atoms with van der Waals surface area (Å²) >= 11 is 6.02. The number of nitrogens with zero attached hydrogens (tertiary/aromatic N) is 4. The average molecular weight is 549 g/mol. The predicted molar refractivity (Wildman–Crippen MR) is 142 cm³/mol. The van der Waals surface area contributed by atoms with Gasteiger partial charge < -0.3 is 20.3 Å². The van der Waals surface area contributed by atoms with Crippen LogP contribution in [0.25, 0.3) is 0 Å². The first-order valence-electron chi connectivity index (χ1n) is 12.6. The number of benzene rings is 2. The van der Waals surface area contributed by atoms with E-state index in [9.17, 15) is 9.59 Å². The molecule has 200 valence electrons. The normalized spacial score (nSPS) is 19.8. The molecule has 2 aromatic carbocycles. The van der Waals surface area contributed by atoms with Crippen LogP contribution in [-0.2, 0) is 4.79 Å². The van der Waals surface area contributed by atoms with E-state index in [0.29, 0.717) is 60.2 Å². The Hall–Kier alpha value is -4.23. The van der Waals surface area contributed by atoms with Gasteiger partial charge in [0.05, 0.1) is 19.1 Å². The van der Waals surface area contributed by atoms with Crippen molar-refractivity contribution in [2.75, 3.05) is 31.6 Å². The minimum atomic E-state index is -0.542. The summed E-state index contributed by atoms with van der Waals surface area (Å²) in [5.74, 6) is -0.851. The maximum Gasteiger partial charge on any atom is 0.252 e. The summed E-state index contributed by atoms with van der Waals surface area (Å²) in [6.07, 6.45) is 1.28. The van der Waals surface area contributed by atoms with Gasteiger partial charge in [0.15, 0.2) is 11.5 Å². The van der Waals surface area contributed by atoms with E-state index in [0.717, 1.165) is 5.56 Å². The third-order valence-electron chi connectivity index (χ3n) is 7.26. The molecule has 3 aromatic rings. The Labute approximate surface area is 229 Å². The minimum Gasteiger partial charge on any atom is -0.497 e. The number of carbonyl (C=O) groups is 2. The molecule has 2 N–H and O–H groups in total. The summed E-state index contributed by atoms with van der Waals surface area (Å²) < 4.78 is 20.2. The van der Waals surface area contributed by atoms with E-state index in [1.165, 1.54) is 13.2 Å². The third-order valence-corrected chi connectivity index (χ3v) is 7.50. The first-order chi connectivity index (χ1) is 18.9. The van der Waals surface area contributed by atoms with Gasteiger partial charge in [-0.25, -0.2) is 4.39 Å². The largest absolute Gasteiger partial charge is 0.497 e. The Morgan fingerprint density at radius 2 is 2.03 bits per heavy atom. The maximum absolute atomic E-state index is 15.1. The molecule has 0 radical (unpaired) electrons. The highest BCUT2D eigenvalue weighted by molar-refractivity contribution is 6.31. The summed E-state index contributed by atoms with van der Waals surface area (Å²) in [7, 11) is 1.47. The van der Waals surface area contributed by atoms with Gasteiger partial charge >= 0.3 is 0 Å². The molecule has 0 saturated carbocycles. The van der Waals surface area contributed by atoms with Crippen LogP contribution in [0.3, 0.4) is 0 Å². The van der Waals surface area contributed by atoms with Crippen molar-refractivity contribution in [3.8, 4) is 11.8 Å². The topological polar surface area (TPSA) is 120 Å². The van der Waals surface area contributed by atoms with Crippen molar-refractivity contribution in [1.82, 2.24) is 20.8 Å². The van der Waals surface area contributed by atoms with Crippen LogP contribution in [0.2, 0.25) is 5.02 Å². The first-order valence-corrected chi connectivity index (χ1v) is 13.0. The van der Waals surface area contributed by atoms with Crippen LogP contribution in [-0.4, -0.2) is 48.8 Å². The van der Waals surface area contributed by atoms with Crippen LogP contribution in [0, 0.1) is 23.1 Å². The van der Waals surface area contributed by atoms with Crippen molar-refractivity contribution < 1.29 is 18.7 Å². The summed E-state index contributed by atoms with van der Waals surface area (Å²) in [5.41, 5.74) is 2.09. The van der Waals surface area contributed by atoms with E-state index in [4.69, 9.17) is 21.6 Å². The monoisotopic (exact) mass is 548 g/mol. The van der Waals surface area contributed by atoms with Crippen LogP contribution in [0.5, 0.6) is 5.75 Å². The fourth-order valence-corrected chi connectivity index (χ4v) is 5.45. The maximum atomic E-state index is 15.1. The van der Waals surface area contributed by atoms with Gasteiger partial charge in [0.1, 0.15) is 17.6 Å². The van der Waals surface area contributed by atoms with Crippen LogP contribution in [0.1, 0.15) is 52.0 Å². The average Bonchev–Trinajstić information content (AvgIpc) is 3.52. The van der Waals surface area contributed by atoms with Gasteiger partial charge in [-0.2, -0.15) is 5.26 Å². The van der Waals surface area contributed by atoms with E-state index in [1.54, 1.807) is 36.4 Å². The number of hydrogen-bond acceptors (Lipinski definition) is 7. The molecule has 11 heteroatoms. The number of methoxy groups -OCH3 is 1. The van der Waals surface area contributed by atoms with Crippen molar-refractivity contribution in [2.45, 2.75) is 24.8 Å². The second-order valence-electron chi connectivity index (χ2n) is 9.58. The number of nitriles is 1. The van der Waals surface area contributed by atoms with Gasteiger partial charge in [-0.05, 0) is 54.3 Å². The number of carbonyl (C=O) groups excluding carboxylic acids is 2. The van der Waals surface area contributed by atoms with Gasteiger partial charge in [-0.15, -0.1) is 10.2 Å². The zero-order valence-corrected chi connectivity index (χ0v) is 21.9. The number of anilines is 1. The molecule has 2 aliphatic heterocycles. The summed E-state index contributed by atoms with van der Waals surface area (Å²) in [4.78, 5) is 27.5. The van der Waals surface area contributed by atoms with Crippen molar-refractivity contribution in [2.24, 2.45) is 5.92 Å². The highest BCUT2D eigenvalue weighted by Crippen LogP contribution is 2.37. The Balaban J connectivity index is 1.26. The fourth-order valence-electron chi connectivity index (χ4n) is 5.28. The standard InChI is InChI=1S/C28H26ClFN6O3/c1-39-18-6-8-19(24(30)12-18)22-14-36(26-9-5-17(13-31)34-35-26)15-23(22)27(37)32-10-2-3-25-20-7-4-16(29)11-21(20)28(38)33-25/h4-9,11-12,22-23,25H,2-3,10,14-15H2,1H3,(H,32,37)(H,33,38)/t22-,23+,25-/m0/s1. The molecular weight excluding hydrogens is 523 g/mol. The third kappa shape index (κ3) is 5.49. The Bertz CT molecular complexity index is 1440.